The van der Waals surface area contributed by atoms with Gasteiger partial charge < -0.3 is 4.90 Å². The van der Waals surface area contributed by atoms with Crippen LogP contribution in [0.3, 0.4) is 0 Å². The quantitative estimate of drug-likeness (QED) is 0.804. The number of carbonyl (C=O) groups excluding carboxylic acids is 3. The first-order valence-corrected chi connectivity index (χ1v) is 8.18. The number of amides is 3. The first kappa shape index (κ1) is 15.7. The van der Waals surface area contributed by atoms with Crippen molar-refractivity contribution in [3.8, 4) is 0 Å². The molecule has 0 radical (unpaired) electrons. The molecule has 0 bridgehead atoms. The average Bonchev–Trinajstić information content (AvgIpc) is 2.89. The van der Waals surface area contributed by atoms with Crippen LogP contribution in [0.5, 0.6) is 0 Å². The molecule has 0 N–H and O–H groups in total. The normalized spacial score (nSPS) is 22.6. The van der Waals surface area contributed by atoms with E-state index < -0.39 is 6.04 Å². The van der Waals surface area contributed by atoms with E-state index in [2.05, 4.69) is 19.9 Å². The lowest BCUT2D eigenvalue weighted by Crippen LogP contribution is -2.53. The lowest BCUT2D eigenvalue weighted by molar-refractivity contribution is -0.150. The van der Waals surface area contributed by atoms with Crippen molar-refractivity contribution in [1.82, 2.24) is 9.80 Å². The molecule has 0 saturated carbocycles. The minimum absolute atomic E-state index is 0.0914. The predicted molar refractivity (Wildman–Crippen MR) is 85.8 cm³/mol. The summed E-state index contributed by atoms with van der Waals surface area (Å²) in [5.74, 6) is -0.154. The number of rotatable bonds is 3. The van der Waals surface area contributed by atoms with E-state index in [0.717, 1.165) is 16.9 Å². The number of likely N-dealkylation sites (tertiary alicyclic amines) is 1. The summed E-state index contributed by atoms with van der Waals surface area (Å²) in [4.78, 5) is 39.6. The van der Waals surface area contributed by atoms with Gasteiger partial charge in [-0.1, -0.05) is 26.0 Å². The molecule has 23 heavy (non-hydrogen) atoms. The number of nitrogens with zero attached hydrogens (tertiary/aromatic N) is 2. The van der Waals surface area contributed by atoms with Crippen molar-refractivity contribution < 1.29 is 14.4 Å². The van der Waals surface area contributed by atoms with Gasteiger partial charge in [0.15, 0.2) is 0 Å². The lowest BCUT2D eigenvalue weighted by atomic mass is 9.92. The van der Waals surface area contributed by atoms with Crippen LogP contribution in [0.25, 0.3) is 0 Å². The van der Waals surface area contributed by atoms with Gasteiger partial charge in [0, 0.05) is 25.6 Å². The summed E-state index contributed by atoms with van der Waals surface area (Å²) >= 11 is 0. The van der Waals surface area contributed by atoms with Crippen LogP contribution in [0, 0.1) is 0 Å². The number of fused-ring (bicyclic) bond motifs is 1. The summed E-state index contributed by atoms with van der Waals surface area (Å²) in [6, 6.07) is 5.30. The van der Waals surface area contributed by atoms with E-state index in [1.807, 2.05) is 12.1 Å². The Kier molecular flexibility index (Phi) is 3.96. The number of hydrogen-bond donors (Lipinski definition) is 0. The Labute approximate surface area is 136 Å². The largest absolute Gasteiger partial charge is 0.322 e. The van der Waals surface area contributed by atoms with Gasteiger partial charge in [-0.05, 0) is 36.0 Å². The molecule has 2 atom stereocenters. The van der Waals surface area contributed by atoms with Gasteiger partial charge in [-0.2, -0.15) is 0 Å². The second-order valence-electron chi connectivity index (χ2n) is 6.46. The molecule has 122 valence electrons. The van der Waals surface area contributed by atoms with E-state index in [0.29, 0.717) is 30.9 Å². The molecule has 2 unspecified atom stereocenters. The minimum atomic E-state index is -0.526. The van der Waals surface area contributed by atoms with Crippen LogP contribution in [-0.4, -0.2) is 40.6 Å². The van der Waals surface area contributed by atoms with Gasteiger partial charge in [0.05, 0.1) is 0 Å². The van der Waals surface area contributed by atoms with Crippen LogP contribution in [0.1, 0.15) is 60.5 Å². The fourth-order valence-corrected chi connectivity index (χ4v) is 3.50. The standard InChI is InChI=1S/C18H22N2O3/c1-4-11(2)12-6-5-7-13-14(12)10-20(17(13)22)15-8-9-16(21)19(3)18(15)23/h5-7,11,15H,4,8-10H2,1-3H3. The highest BCUT2D eigenvalue weighted by Gasteiger charge is 2.42. The second kappa shape index (κ2) is 5.80. The van der Waals surface area contributed by atoms with Gasteiger partial charge in [0.2, 0.25) is 5.91 Å². The van der Waals surface area contributed by atoms with Crippen molar-refractivity contribution in [2.45, 2.75) is 51.6 Å². The molecule has 5 heteroatoms. The maximum absolute atomic E-state index is 12.8. The molecule has 0 spiro atoms. The monoisotopic (exact) mass is 314 g/mol. The Balaban J connectivity index is 1.92. The zero-order chi connectivity index (χ0) is 16.7. The van der Waals surface area contributed by atoms with E-state index in [1.54, 1.807) is 4.90 Å². The van der Waals surface area contributed by atoms with Gasteiger partial charge in [-0.3, -0.25) is 19.3 Å². The minimum Gasteiger partial charge on any atom is -0.322 e. The summed E-state index contributed by atoms with van der Waals surface area (Å²) in [7, 11) is 1.50. The van der Waals surface area contributed by atoms with Gasteiger partial charge in [-0.25, -0.2) is 0 Å². The maximum Gasteiger partial charge on any atom is 0.255 e. The van der Waals surface area contributed by atoms with Crippen LogP contribution in [-0.2, 0) is 16.1 Å². The van der Waals surface area contributed by atoms with Gasteiger partial charge in [0.1, 0.15) is 6.04 Å². The van der Waals surface area contributed by atoms with E-state index in [-0.39, 0.29) is 17.7 Å². The Bertz CT molecular complexity index is 683. The molecule has 1 fully saturated rings. The van der Waals surface area contributed by atoms with E-state index in [9.17, 15) is 14.4 Å². The third-order valence-corrected chi connectivity index (χ3v) is 5.17. The van der Waals surface area contributed by atoms with E-state index in [1.165, 1.54) is 12.6 Å². The molecule has 3 rings (SSSR count). The number of imide groups is 1. The van der Waals surface area contributed by atoms with Crippen molar-refractivity contribution in [2.24, 2.45) is 0 Å². The number of piperidine rings is 1. The summed E-state index contributed by atoms with van der Waals surface area (Å²) in [6.45, 7) is 4.75. The third kappa shape index (κ3) is 2.44. The van der Waals surface area contributed by atoms with Crippen LogP contribution in [0.2, 0.25) is 0 Å². The molecule has 2 heterocycles. The molecule has 1 aromatic carbocycles. The van der Waals surface area contributed by atoms with Crippen LogP contribution in [0.15, 0.2) is 18.2 Å². The highest BCUT2D eigenvalue weighted by molar-refractivity contribution is 6.05. The summed E-state index contributed by atoms with van der Waals surface area (Å²) in [5.41, 5.74) is 2.93. The molecular formula is C18H22N2O3. The predicted octanol–water partition coefficient (Wildman–Crippen LogP) is 2.30. The molecular weight excluding hydrogens is 292 g/mol. The van der Waals surface area contributed by atoms with E-state index in [4.69, 9.17) is 0 Å². The van der Waals surface area contributed by atoms with Crippen LogP contribution < -0.4 is 0 Å². The van der Waals surface area contributed by atoms with Gasteiger partial charge in [0.25, 0.3) is 11.8 Å². The first-order chi connectivity index (χ1) is 11.0. The molecule has 3 amide bonds. The fraction of sp³-hybridized carbons (Fsp3) is 0.500. The van der Waals surface area contributed by atoms with E-state index >= 15 is 0 Å². The molecule has 2 aliphatic heterocycles. The zero-order valence-corrected chi connectivity index (χ0v) is 13.8. The maximum atomic E-state index is 12.8. The van der Waals surface area contributed by atoms with Crippen molar-refractivity contribution in [1.29, 1.82) is 0 Å². The van der Waals surface area contributed by atoms with Crippen molar-refractivity contribution >= 4 is 17.7 Å². The number of hydrogen-bond acceptors (Lipinski definition) is 3. The van der Waals surface area contributed by atoms with Gasteiger partial charge >= 0.3 is 0 Å². The summed E-state index contributed by atoms with van der Waals surface area (Å²) in [6.07, 6.45) is 1.73. The molecule has 5 nitrogen and oxygen atoms in total. The summed E-state index contributed by atoms with van der Waals surface area (Å²) in [5, 5.41) is 0. The van der Waals surface area contributed by atoms with Crippen LogP contribution >= 0.6 is 0 Å². The summed E-state index contributed by atoms with van der Waals surface area (Å²) < 4.78 is 0. The molecule has 1 saturated heterocycles. The number of benzene rings is 1. The van der Waals surface area contributed by atoms with Crippen molar-refractivity contribution in [3.63, 3.8) is 0 Å². The lowest BCUT2D eigenvalue weighted by Gasteiger charge is -2.33. The second-order valence-corrected chi connectivity index (χ2v) is 6.46. The number of likely N-dealkylation sites (N-methyl/N-ethyl adjacent to an activating group) is 1. The molecule has 1 aromatic rings. The Morgan fingerprint density at radius 2 is 2.00 bits per heavy atom. The Morgan fingerprint density at radius 3 is 2.70 bits per heavy atom. The number of carbonyl (C=O) groups is 3. The van der Waals surface area contributed by atoms with Gasteiger partial charge in [-0.15, -0.1) is 0 Å². The highest BCUT2D eigenvalue weighted by Crippen LogP contribution is 2.34. The third-order valence-electron chi connectivity index (χ3n) is 5.17. The Morgan fingerprint density at radius 1 is 1.26 bits per heavy atom. The molecule has 0 aromatic heterocycles. The SMILES string of the molecule is CCC(C)c1cccc2c1CN(C1CCC(=O)N(C)C1=O)C2=O. The molecule has 2 aliphatic rings. The highest BCUT2D eigenvalue weighted by atomic mass is 16.2. The smallest absolute Gasteiger partial charge is 0.255 e. The zero-order valence-electron chi connectivity index (χ0n) is 13.8. The average molecular weight is 314 g/mol. The van der Waals surface area contributed by atoms with Crippen molar-refractivity contribution in [2.75, 3.05) is 7.05 Å². The molecule has 0 aliphatic carbocycles. The van der Waals surface area contributed by atoms with Crippen LogP contribution in [0.4, 0.5) is 0 Å². The first-order valence-electron chi connectivity index (χ1n) is 8.18. The Hall–Kier alpha value is -2.17. The fourth-order valence-electron chi connectivity index (χ4n) is 3.50. The topological polar surface area (TPSA) is 57.7 Å². The van der Waals surface area contributed by atoms with Crippen molar-refractivity contribution in [3.05, 3.63) is 34.9 Å².